The summed E-state index contributed by atoms with van der Waals surface area (Å²) in [6, 6.07) is 5.67. The number of H-pyrrole nitrogens is 1. The predicted octanol–water partition coefficient (Wildman–Crippen LogP) is 5.09. The number of nitrogens with zero attached hydrogens (tertiary/aromatic N) is 2. The highest BCUT2D eigenvalue weighted by atomic mass is 35.5. The quantitative estimate of drug-likeness (QED) is 0.600. The third kappa shape index (κ3) is 4.04. The van der Waals surface area contributed by atoms with Gasteiger partial charge in [0.05, 0.1) is 10.0 Å². The van der Waals surface area contributed by atoms with Crippen molar-refractivity contribution in [3.05, 3.63) is 68.4 Å². The summed E-state index contributed by atoms with van der Waals surface area (Å²) in [6.07, 6.45) is -3.75. The Hall–Kier alpha value is -2.65. The van der Waals surface area contributed by atoms with Crippen LogP contribution in [-0.2, 0) is 6.18 Å². The first kappa shape index (κ1) is 19.1. The summed E-state index contributed by atoms with van der Waals surface area (Å²) in [5.74, 6) is -2.68. The average Bonchev–Trinajstić information content (AvgIpc) is 2.59. The Balaban J connectivity index is 2.15. The molecule has 3 rings (SSSR count). The van der Waals surface area contributed by atoms with Crippen LogP contribution in [0.25, 0.3) is 11.5 Å². The van der Waals surface area contributed by atoms with Crippen LogP contribution in [0.1, 0.15) is 5.69 Å². The van der Waals surface area contributed by atoms with Crippen molar-refractivity contribution in [3.8, 4) is 23.0 Å². The van der Waals surface area contributed by atoms with Crippen LogP contribution in [-0.4, -0.2) is 15.0 Å². The Kier molecular flexibility index (Phi) is 5.07. The van der Waals surface area contributed by atoms with E-state index in [0.29, 0.717) is 0 Å². The van der Waals surface area contributed by atoms with Crippen molar-refractivity contribution < 1.29 is 22.3 Å². The van der Waals surface area contributed by atoms with E-state index in [9.17, 15) is 22.4 Å². The van der Waals surface area contributed by atoms with Crippen molar-refractivity contribution >= 4 is 23.2 Å². The van der Waals surface area contributed by atoms with Crippen LogP contribution in [0.5, 0.6) is 11.5 Å². The van der Waals surface area contributed by atoms with Gasteiger partial charge in [0.15, 0.2) is 11.5 Å². The second kappa shape index (κ2) is 7.16. The van der Waals surface area contributed by atoms with Crippen LogP contribution in [0.3, 0.4) is 0 Å². The molecule has 0 bridgehead atoms. The van der Waals surface area contributed by atoms with Gasteiger partial charge in [0.25, 0.3) is 5.56 Å². The van der Waals surface area contributed by atoms with Crippen LogP contribution in [0, 0.1) is 5.82 Å². The van der Waals surface area contributed by atoms with Gasteiger partial charge in [0.2, 0.25) is 5.75 Å². The molecule has 0 saturated heterocycles. The summed E-state index contributed by atoms with van der Waals surface area (Å²) >= 11 is 11.5. The first-order chi connectivity index (χ1) is 12.7. The molecule has 0 aliphatic rings. The van der Waals surface area contributed by atoms with E-state index in [1.165, 1.54) is 18.3 Å². The van der Waals surface area contributed by atoms with Crippen LogP contribution < -0.4 is 10.3 Å². The lowest BCUT2D eigenvalue weighted by Crippen LogP contribution is -2.21. The van der Waals surface area contributed by atoms with Crippen molar-refractivity contribution in [3.63, 3.8) is 0 Å². The lowest BCUT2D eigenvalue weighted by atomic mass is 10.3. The number of aromatic amines is 1. The molecule has 1 aromatic carbocycles. The number of aromatic nitrogens is 3. The summed E-state index contributed by atoms with van der Waals surface area (Å²) in [4.78, 5) is 21.6. The number of benzene rings is 1. The standard InChI is InChI=1S/C16H7Cl2F4N3O2/c17-8-2-1-5-23-11(8)14-24-13(16(20,21)22)12(15(26)25-14)27-7-3-4-10(19)9(18)6-7/h1-6H,(H,24,25,26). The van der Waals surface area contributed by atoms with E-state index < -0.39 is 34.8 Å². The zero-order valence-corrected chi connectivity index (χ0v) is 14.5. The van der Waals surface area contributed by atoms with Gasteiger partial charge in [-0.1, -0.05) is 23.2 Å². The maximum atomic E-state index is 13.4. The van der Waals surface area contributed by atoms with Crippen molar-refractivity contribution in [2.24, 2.45) is 0 Å². The molecule has 0 saturated carbocycles. The topological polar surface area (TPSA) is 67.9 Å². The smallest absolute Gasteiger partial charge is 0.437 e. The molecule has 11 heteroatoms. The predicted molar refractivity (Wildman–Crippen MR) is 89.6 cm³/mol. The van der Waals surface area contributed by atoms with Crippen molar-refractivity contribution in [2.45, 2.75) is 6.18 Å². The highest BCUT2D eigenvalue weighted by Crippen LogP contribution is 2.36. The molecule has 27 heavy (non-hydrogen) atoms. The minimum Gasteiger partial charge on any atom is -0.449 e. The van der Waals surface area contributed by atoms with Crippen molar-refractivity contribution in [2.75, 3.05) is 0 Å². The van der Waals surface area contributed by atoms with Gasteiger partial charge in [-0.05, 0) is 24.3 Å². The molecular formula is C16H7Cl2F4N3O2. The monoisotopic (exact) mass is 419 g/mol. The Morgan fingerprint density at radius 1 is 1.11 bits per heavy atom. The van der Waals surface area contributed by atoms with E-state index in [-0.39, 0.29) is 21.5 Å². The molecule has 0 atom stereocenters. The molecule has 0 spiro atoms. The fourth-order valence-electron chi connectivity index (χ4n) is 2.08. The maximum absolute atomic E-state index is 13.4. The van der Waals surface area contributed by atoms with E-state index in [2.05, 4.69) is 15.0 Å². The van der Waals surface area contributed by atoms with Gasteiger partial charge in [-0.3, -0.25) is 9.78 Å². The molecule has 3 aromatic rings. The largest absolute Gasteiger partial charge is 0.449 e. The van der Waals surface area contributed by atoms with Gasteiger partial charge in [0, 0.05) is 12.3 Å². The van der Waals surface area contributed by atoms with E-state index in [1.807, 2.05) is 0 Å². The fourth-order valence-corrected chi connectivity index (χ4v) is 2.46. The SMILES string of the molecule is O=c1[nH]c(-c2ncccc2Cl)nc(C(F)(F)F)c1Oc1ccc(F)c(Cl)c1. The molecule has 0 radical (unpaired) electrons. The van der Waals surface area contributed by atoms with Gasteiger partial charge in [-0.25, -0.2) is 9.37 Å². The minimum atomic E-state index is -5.02. The van der Waals surface area contributed by atoms with E-state index in [0.717, 1.165) is 18.2 Å². The van der Waals surface area contributed by atoms with E-state index >= 15 is 0 Å². The number of nitrogens with one attached hydrogen (secondary N) is 1. The Morgan fingerprint density at radius 2 is 1.85 bits per heavy atom. The van der Waals surface area contributed by atoms with Crippen LogP contribution in [0.15, 0.2) is 41.3 Å². The number of halogens is 6. The van der Waals surface area contributed by atoms with Crippen molar-refractivity contribution in [1.82, 2.24) is 15.0 Å². The summed E-state index contributed by atoms with van der Waals surface area (Å²) in [5, 5.41) is -0.393. The molecule has 0 fully saturated rings. The third-order valence-corrected chi connectivity index (χ3v) is 3.83. The van der Waals surface area contributed by atoms with Gasteiger partial charge < -0.3 is 9.72 Å². The van der Waals surface area contributed by atoms with Crippen molar-refractivity contribution in [1.29, 1.82) is 0 Å². The first-order valence-corrected chi connectivity index (χ1v) is 7.87. The summed E-state index contributed by atoms with van der Waals surface area (Å²) in [6.45, 7) is 0. The molecule has 1 N–H and O–H groups in total. The second-order valence-electron chi connectivity index (χ2n) is 5.10. The maximum Gasteiger partial charge on any atom is 0.437 e. The fraction of sp³-hybridized carbons (Fsp3) is 0.0625. The lowest BCUT2D eigenvalue weighted by molar-refractivity contribution is -0.142. The van der Waals surface area contributed by atoms with Gasteiger partial charge >= 0.3 is 6.18 Å². The third-order valence-electron chi connectivity index (χ3n) is 3.24. The highest BCUT2D eigenvalue weighted by molar-refractivity contribution is 6.32. The summed E-state index contributed by atoms with van der Waals surface area (Å²) < 4.78 is 58.5. The van der Waals surface area contributed by atoms with Crippen LogP contribution in [0.4, 0.5) is 17.6 Å². The number of rotatable bonds is 3. The van der Waals surface area contributed by atoms with E-state index in [1.54, 1.807) is 0 Å². The highest BCUT2D eigenvalue weighted by Gasteiger charge is 2.39. The zero-order chi connectivity index (χ0) is 19.8. The van der Waals surface area contributed by atoms with E-state index in [4.69, 9.17) is 27.9 Å². The second-order valence-corrected chi connectivity index (χ2v) is 5.92. The van der Waals surface area contributed by atoms with Crippen LogP contribution in [0.2, 0.25) is 10.0 Å². The lowest BCUT2D eigenvalue weighted by Gasteiger charge is -2.13. The summed E-state index contributed by atoms with van der Waals surface area (Å²) in [5.41, 5.74) is -2.96. The minimum absolute atomic E-state index is 0.00670. The number of hydrogen-bond donors (Lipinski definition) is 1. The normalized spacial score (nSPS) is 11.5. The molecule has 0 aliphatic heterocycles. The summed E-state index contributed by atoms with van der Waals surface area (Å²) in [7, 11) is 0. The molecule has 5 nitrogen and oxygen atoms in total. The molecular weight excluding hydrogens is 413 g/mol. The molecule has 2 heterocycles. The number of hydrogen-bond acceptors (Lipinski definition) is 4. The Bertz CT molecular complexity index is 1070. The number of pyridine rings is 1. The Labute approximate surface area is 158 Å². The molecule has 2 aromatic heterocycles. The van der Waals surface area contributed by atoms with Crippen LogP contribution >= 0.6 is 23.2 Å². The van der Waals surface area contributed by atoms with Gasteiger partial charge in [-0.2, -0.15) is 13.2 Å². The number of ether oxygens (including phenoxy) is 1. The zero-order valence-electron chi connectivity index (χ0n) is 12.9. The first-order valence-electron chi connectivity index (χ1n) is 7.12. The average molecular weight is 420 g/mol. The molecule has 0 amide bonds. The molecule has 0 aliphatic carbocycles. The van der Waals surface area contributed by atoms with Gasteiger partial charge in [-0.15, -0.1) is 0 Å². The van der Waals surface area contributed by atoms with Gasteiger partial charge in [0.1, 0.15) is 17.3 Å². The molecule has 0 unspecified atom stereocenters. The number of alkyl halides is 3. The molecule has 140 valence electrons. The Morgan fingerprint density at radius 3 is 2.48 bits per heavy atom.